The Morgan fingerprint density at radius 2 is 2.29 bits per heavy atom. The summed E-state index contributed by atoms with van der Waals surface area (Å²) in [5.41, 5.74) is 1.58. The van der Waals surface area contributed by atoms with Gasteiger partial charge in [0.15, 0.2) is 5.13 Å². The number of amides is 1. The van der Waals surface area contributed by atoms with E-state index in [0.29, 0.717) is 10.7 Å². The smallest absolute Gasteiger partial charge is 0.257 e. The van der Waals surface area contributed by atoms with Crippen LogP contribution in [0.4, 0.5) is 5.13 Å². The minimum atomic E-state index is -0.142. The van der Waals surface area contributed by atoms with Gasteiger partial charge < -0.3 is 4.98 Å². The van der Waals surface area contributed by atoms with Crippen LogP contribution in [0.25, 0.3) is 10.9 Å². The van der Waals surface area contributed by atoms with Gasteiger partial charge in [-0.25, -0.2) is 4.98 Å². The number of aromatic nitrogens is 2. The number of hydrogen-bond acceptors (Lipinski definition) is 3. The van der Waals surface area contributed by atoms with Crippen molar-refractivity contribution in [2.24, 2.45) is 0 Å². The van der Waals surface area contributed by atoms with E-state index in [2.05, 4.69) is 15.3 Å². The molecule has 2 N–H and O–H groups in total. The second-order valence-electron chi connectivity index (χ2n) is 3.57. The van der Waals surface area contributed by atoms with E-state index in [1.54, 1.807) is 12.3 Å². The van der Waals surface area contributed by atoms with Crippen LogP contribution in [-0.4, -0.2) is 15.9 Å². The predicted molar refractivity (Wildman–Crippen MR) is 68.4 cm³/mol. The fraction of sp³-hybridized carbons (Fsp3) is 0. The summed E-state index contributed by atoms with van der Waals surface area (Å²) in [5.74, 6) is -0.142. The average molecular weight is 243 g/mol. The van der Waals surface area contributed by atoms with Gasteiger partial charge in [-0.15, -0.1) is 11.3 Å². The van der Waals surface area contributed by atoms with E-state index in [4.69, 9.17) is 0 Å². The summed E-state index contributed by atoms with van der Waals surface area (Å²) in [6.07, 6.45) is 3.52. The molecular weight excluding hydrogens is 234 g/mol. The van der Waals surface area contributed by atoms with Crippen molar-refractivity contribution in [2.45, 2.75) is 0 Å². The van der Waals surface area contributed by atoms with Gasteiger partial charge in [0.05, 0.1) is 0 Å². The van der Waals surface area contributed by atoms with Crippen LogP contribution in [0.1, 0.15) is 10.4 Å². The van der Waals surface area contributed by atoms with E-state index in [1.165, 1.54) is 11.3 Å². The first-order chi connectivity index (χ1) is 8.33. The Balaban J connectivity index is 1.90. The molecule has 0 aliphatic heterocycles. The van der Waals surface area contributed by atoms with E-state index in [-0.39, 0.29) is 5.91 Å². The van der Waals surface area contributed by atoms with Crippen LogP contribution < -0.4 is 5.32 Å². The summed E-state index contributed by atoms with van der Waals surface area (Å²) in [5, 5.41) is 6.28. The summed E-state index contributed by atoms with van der Waals surface area (Å²) in [6.45, 7) is 0. The maximum Gasteiger partial charge on any atom is 0.257 e. The Labute approximate surface area is 101 Å². The molecule has 84 valence electrons. The zero-order chi connectivity index (χ0) is 11.7. The molecule has 0 aliphatic carbocycles. The van der Waals surface area contributed by atoms with Gasteiger partial charge in [0.1, 0.15) is 0 Å². The van der Waals surface area contributed by atoms with Gasteiger partial charge in [0.25, 0.3) is 5.91 Å². The predicted octanol–water partition coefficient (Wildman–Crippen LogP) is 2.88. The fourth-order valence-corrected chi connectivity index (χ4v) is 2.17. The molecule has 0 radical (unpaired) electrons. The molecule has 0 unspecified atom stereocenters. The molecule has 0 aliphatic rings. The summed E-state index contributed by atoms with van der Waals surface area (Å²) in [7, 11) is 0. The van der Waals surface area contributed by atoms with Gasteiger partial charge in [-0.05, 0) is 23.6 Å². The van der Waals surface area contributed by atoms with Crippen LogP contribution in [0.2, 0.25) is 0 Å². The van der Waals surface area contributed by atoms with Crippen molar-refractivity contribution in [1.82, 2.24) is 9.97 Å². The van der Waals surface area contributed by atoms with E-state index >= 15 is 0 Å². The highest BCUT2D eigenvalue weighted by molar-refractivity contribution is 7.13. The Bertz CT molecular complexity index is 657. The first kappa shape index (κ1) is 10.0. The van der Waals surface area contributed by atoms with Crippen LogP contribution in [0.3, 0.4) is 0 Å². The number of aromatic amines is 1. The number of nitrogens with one attached hydrogen (secondary N) is 2. The van der Waals surface area contributed by atoms with E-state index < -0.39 is 0 Å². The van der Waals surface area contributed by atoms with E-state index in [1.807, 2.05) is 29.8 Å². The van der Waals surface area contributed by atoms with Crippen molar-refractivity contribution in [3.05, 3.63) is 47.6 Å². The zero-order valence-corrected chi connectivity index (χ0v) is 9.62. The topological polar surface area (TPSA) is 57.8 Å². The first-order valence-corrected chi connectivity index (χ1v) is 5.99. The van der Waals surface area contributed by atoms with Gasteiger partial charge in [0.2, 0.25) is 0 Å². The number of hydrogen-bond donors (Lipinski definition) is 2. The Kier molecular flexibility index (Phi) is 2.38. The van der Waals surface area contributed by atoms with Crippen LogP contribution in [0, 0.1) is 0 Å². The standard InChI is InChI=1S/C12H9N3OS/c16-11(15-12-14-5-6-17-12)9-2-1-8-3-4-13-10(8)7-9/h1-7,13H,(H,14,15,16). The Hall–Kier alpha value is -2.14. The van der Waals surface area contributed by atoms with Gasteiger partial charge in [0, 0.05) is 28.9 Å². The van der Waals surface area contributed by atoms with Crippen molar-refractivity contribution < 1.29 is 4.79 Å². The molecule has 17 heavy (non-hydrogen) atoms. The molecule has 0 saturated heterocycles. The lowest BCUT2D eigenvalue weighted by molar-refractivity contribution is 0.102. The number of carbonyl (C=O) groups excluding carboxylic acids is 1. The fourth-order valence-electron chi connectivity index (χ4n) is 1.64. The highest BCUT2D eigenvalue weighted by Crippen LogP contribution is 2.16. The van der Waals surface area contributed by atoms with Crippen LogP contribution in [0.5, 0.6) is 0 Å². The maximum atomic E-state index is 11.9. The molecule has 0 bridgehead atoms. The molecule has 0 fully saturated rings. The second kappa shape index (κ2) is 4.03. The number of rotatable bonds is 2. The van der Waals surface area contributed by atoms with Crippen molar-refractivity contribution in [1.29, 1.82) is 0 Å². The van der Waals surface area contributed by atoms with Gasteiger partial charge >= 0.3 is 0 Å². The molecule has 3 aromatic rings. The summed E-state index contributed by atoms with van der Waals surface area (Å²) in [4.78, 5) is 19.0. The second-order valence-corrected chi connectivity index (χ2v) is 4.47. The third-order valence-electron chi connectivity index (χ3n) is 2.47. The Morgan fingerprint density at radius 3 is 3.12 bits per heavy atom. The molecule has 0 spiro atoms. The highest BCUT2D eigenvalue weighted by Gasteiger charge is 2.08. The lowest BCUT2D eigenvalue weighted by Gasteiger charge is -2.01. The molecule has 0 saturated carbocycles. The third-order valence-corrected chi connectivity index (χ3v) is 3.16. The van der Waals surface area contributed by atoms with Crippen molar-refractivity contribution in [3.8, 4) is 0 Å². The molecule has 2 aromatic heterocycles. The SMILES string of the molecule is O=C(Nc1nccs1)c1ccc2cc[nH]c2c1. The van der Waals surface area contributed by atoms with Crippen molar-refractivity contribution in [3.63, 3.8) is 0 Å². The maximum absolute atomic E-state index is 11.9. The molecule has 3 rings (SSSR count). The summed E-state index contributed by atoms with van der Waals surface area (Å²) >= 11 is 1.40. The Morgan fingerprint density at radius 1 is 1.35 bits per heavy atom. The van der Waals surface area contributed by atoms with Crippen LogP contribution >= 0.6 is 11.3 Å². The lowest BCUT2D eigenvalue weighted by atomic mass is 10.1. The minimum absolute atomic E-state index is 0.142. The molecule has 1 amide bonds. The lowest BCUT2D eigenvalue weighted by Crippen LogP contribution is -2.11. The van der Waals surface area contributed by atoms with Crippen LogP contribution in [-0.2, 0) is 0 Å². The number of thiazole rings is 1. The average Bonchev–Trinajstić information content (AvgIpc) is 2.97. The number of H-pyrrole nitrogens is 1. The van der Waals surface area contributed by atoms with E-state index in [9.17, 15) is 4.79 Å². The third kappa shape index (κ3) is 1.92. The van der Waals surface area contributed by atoms with Crippen molar-refractivity contribution >= 4 is 33.3 Å². The quantitative estimate of drug-likeness (QED) is 0.727. The molecule has 0 atom stereocenters. The summed E-state index contributed by atoms with van der Waals surface area (Å²) < 4.78 is 0. The zero-order valence-electron chi connectivity index (χ0n) is 8.81. The number of nitrogens with zero attached hydrogens (tertiary/aromatic N) is 1. The number of carbonyl (C=O) groups is 1. The first-order valence-electron chi connectivity index (χ1n) is 5.11. The van der Waals surface area contributed by atoms with Gasteiger partial charge in [-0.2, -0.15) is 0 Å². The van der Waals surface area contributed by atoms with Crippen LogP contribution in [0.15, 0.2) is 42.0 Å². The monoisotopic (exact) mass is 243 g/mol. The molecule has 5 heteroatoms. The molecule has 2 heterocycles. The minimum Gasteiger partial charge on any atom is -0.361 e. The van der Waals surface area contributed by atoms with Crippen molar-refractivity contribution in [2.75, 3.05) is 5.32 Å². The highest BCUT2D eigenvalue weighted by atomic mass is 32.1. The molecule has 4 nitrogen and oxygen atoms in total. The largest absolute Gasteiger partial charge is 0.361 e. The normalized spacial score (nSPS) is 10.6. The van der Waals surface area contributed by atoms with Gasteiger partial charge in [-0.3, -0.25) is 10.1 Å². The summed E-state index contributed by atoms with van der Waals surface area (Å²) in [6, 6.07) is 7.53. The number of benzene rings is 1. The van der Waals surface area contributed by atoms with E-state index in [0.717, 1.165) is 10.9 Å². The molecule has 1 aromatic carbocycles. The van der Waals surface area contributed by atoms with Gasteiger partial charge in [-0.1, -0.05) is 6.07 Å². The number of fused-ring (bicyclic) bond motifs is 1. The molecular formula is C12H9N3OS. The number of anilines is 1.